The fourth-order valence-electron chi connectivity index (χ4n) is 3.27. The normalized spacial score (nSPS) is 14.0. The molecule has 0 unspecified atom stereocenters. The van der Waals surface area contributed by atoms with Crippen LogP contribution in [0, 0.1) is 0 Å². The van der Waals surface area contributed by atoms with Crippen LogP contribution in [0.25, 0.3) is 0 Å². The van der Waals surface area contributed by atoms with E-state index in [4.69, 9.17) is 9.47 Å². The third-order valence-electron chi connectivity index (χ3n) is 4.65. The van der Waals surface area contributed by atoms with Crippen molar-refractivity contribution in [1.82, 2.24) is 5.32 Å². The highest BCUT2D eigenvalue weighted by atomic mass is 16.5. The number of para-hydroxylation sites is 4. The minimum absolute atomic E-state index is 0.509. The summed E-state index contributed by atoms with van der Waals surface area (Å²) >= 11 is 0. The Kier molecular flexibility index (Phi) is 5.56. The molecule has 0 spiro atoms. The van der Waals surface area contributed by atoms with Gasteiger partial charge in [0.05, 0.1) is 0 Å². The molecule has 1 heterocycles. The number of nitrogens with zero attached hydrogens (tertiary/aromatic N) is 1. The maximum atomic E-state index is 6.16. The molecular formula is C23H24N2O2. The lowest BCUT2D eigenvalue weighted by Gasteiger charge is -2.31. The molecule has 1 aliphatic rings. The van der Waals surface area contributed by atoms with Gasteiger partial charge >= 0.3 is 0 Å². The van der Waals surface area contributed by atoms with Crippen LogP contribution in [0.5, 0.6) is 17.2 Å². The molecule has 1 saturated heterocycles. The first-order chi connectivity index (χ1) is 13.4. The van der Waals surface area contributed by atoms with Crippen molar-refractivity contribution < 1.29 is 9.47 Å². The van der Waals surface area contributed by atoms with Gasteiger partial charge in [-0.2, -0.15) is 0 Å². The maximum Gasteiger partial charge on any atom is 0.169 e. The molecule has 1 N–H and O–H groups in total. The lowest BCUT2D eigenvalue weighted by atomic mass is 10.1. The van der Waals surface area contributed by atoms with Crippen LogP contribution in [0.3, 0.4) is 0 Å². The lowest BCUT2D eigenvalue weighted by Crippen LogP contribution is -2.43. The monoisotopic (exact) mass is 360 g/mol. The molecule has 1 fully saturated rings. The molecule has 1 aliphatic heterocycles. The zero-order valence-electron chi connectivity index (χ0n) is 15.3. The van der Waals surface area contributed by atoms with E-state index >= 15 is 0 Å². The van der Waals surface area contributed by atoms with Gasteiger partial charge in [0.25, 0.3) is 0 Å². The molecule has 0 atom stereocenters. The predicted molar refractivity (Wildman–Crippen MR) is 109 cm³/mol. The van der Waals surface area contributed by atoms with Crippen LogP contribution in [0.2, 0.25) is 0 Å². The number of anilines is 1. The van der Waals surface area contributed by atoms with Gasteiger partial charge in [-0.3, -0.25) is 0 Å². The summed E-state index contributed by atoms with van der Waals surface area (Å²) in [5, 5.41) is 3.40. The highest BCUT2D eigenvalue weighted by Crippen LogP contribution is 2.32. The topological polar surface area (TPSA) is 33.7 Å². The molecule has 0 radical (unpaired) electrons. The third-order valence-corrected chi connectivity index (χ3v) is 4.65. The number of benzene rings is 3. The van der Waals surface area contributed by atoms with Gasteiger partial charge in [0.2, 0.25) is 0 Å². The number of hydrogen-bond donors (Lipinski definition) is 1. The van der Waals surface area contributed by atoms with Gasteiger partial charge in [0, 0.05) is 37.4 Å². The Morgan fingerprint density at radius 3 is 2.22 bits per heavy atom. The van der Waals surface area contributed by atoms with Crippen molar-refractivity contribution in [1.29, 1.82) is 0 Å². The third kappa shape index (κ3) is 4.41. The molecule has 4 heteroatoms. The van der Waals surface area contributed by atoms with Gasteiger partial charge in [-0.25, -0.2) is 0 Å². The van der Waals surface area contributed by atoms with Gasteiger partial charge in [-0.1, -0.05) is 48.5 Å². The molecule has 138 valence electrons. The summed E-state index contributed by atoms with van der Waals surface area (Å²) in [5.41, 5.74) is 2.44. The van der Waals surface area contributed by atoms with E-state index in [0.29, 0.717) is 6.61 Å². The van der Waals surface area contributed by atoms with E-state index in [1.54, 1.807) is 0 Å². The highest BCUT2D eigenvalue weighted by molar-refractivity contribution is 5.54. The van der Waals surface area contributed by atoms with Crippen molar-refractivity contribution in [3.63, 3.8) is 0 Å². The van der Waals surface area contributed by atoms with Crippen molar-refractivity contribution in [3.8, 4) is 17.2 Å². The van der Waals surface area contributed by atoms with Gasteiger partial charge in [0.15, 0.2) is 11.5 Å². The second-order valence-electron chi connectivity index (χ2n) is 6.52. The lowest BCUT2D eigenvalue weighted by molar-refractivity contribution is 0.291. The number of nitrogens with one attached hydrogen (secondary N) is 1. The Bertz CT molecular complexity index is 861. The summed E-state index contributed by atoms with van der Waals surface area (Å²) < 4.78 is 12.2. The highest BCUT2D eigenvalue weighted by Gasteiger charge is 2.14. The molecule has 3 aromatic carbocycles. The maximum absolute atomic E-state index is 6.16. The Labute approximate surface area is 160 Å². The fourth-order valence-corrected chi connectivity index (χ4v) is 3.27. The fraction of sp³-hybridized carbons (Fsp3) is 0.217. The number of hydrogen-bond acceptors (Lipinski definition) is 4. The molecule has 0 saturated carbocycles. The molecule has 0 aromatic heterocycles. The first kappa shape index (κ1) is 17.4. The van der Waals surface area contributed by atoms with E-state index in [-0.39, 0.29) is 0 Å². The standard InChI is InChI=1S/C23H24N2O2/c1-2-9-20(10-3-1)27-23-13-7-6-12-22(23)26-18-19-8-4-5-11-21(19)25-16-14-24-15-17-25/h1-13,24H,14-18H2. The molecule has 0 amide bonds. The van der Waals surface area contributed by atoms with E-state index < -0.39 is 0 Å². The van der Waals surface area contributed by atoms with E-state index in [9.17, 15) is 0 Å². The Balaban J connectivity index is 1.50. The number of piperazine rings is 1. The van der Waals surface area contributed by atoms with Crippen molar-refractivity contribution in [2.75, 3.05) is 31.1 Å². The van der Waals surface area contributed by atoms with E-state index in [2.05, 4.69) is 34.5 Å². The molecule has 0 bridgehead atoms. The quantitative estimate of drug-likeness (QED) is 0.703. The second-order valence-corrected chi connectivity index (χ2v) is 6.52. The summed E-state index contributed by atoms with van der Waals surface area (Å²) in [6.07, 6.45) is 0. The van der Waals surface area contributed by atoms with Crippen molar-refractivity contribution in [2.24, 2.45) is 0 Å². The molecule has 4 nitrogen and oxygen atoms in total. The largest absolute Gasteiger partial charge is 0.485 e. The summed E-state index contributed by atoms with van der Waals surface area (Å²) in [6.45, 7) is 4.58. The summed E-state index contributed by atoms with van der Waals surface area (Å²) in [7, 11) is 0. The Morgan fingerprint density at radius 2 is 1.41 bits per heavy atom. The van der Waals surface area contributed by atoms with Gasteiger partial charge in [-0.15, -0.1) is 0 Å². The number of ether oxygens (including phenoxy) is 2. The first-order valence-corrected chi connectivity index (χ1v) is 9.38. The SMILES string of the molecule is c1ccc(Oc2ccccc2OCc2ccccc2N2CCNCC2)cc1. The average molecular weight is 360 g/mol. The number of rotatable bonds is 6. The summed E-state index contributed by atoms with van der Waals surface area (Å²) in [6, 6.07) is 26.1. The zero-order valence-corrected chi connectivity index (χ0v) is 15.3. The average Bonchev–Trinajstić information content (AvgIpc) is 2.75. The van der Waals surface area contributed by atoms with Crippen molar-refractivity contribution >= 4 is 5.69 Å². The van der Waals surface area contributed by atoms with Crippen LogP contribution in [0.4, 0.5) is 5.69 Å². The molecular weight excluding hydrogens is 336 g/mol. The molecule has 27 heavy (non-hydrogen) atoms. The van der Waals surface area contributed by atoms with Gasteiger partial charge in [-0.05, 0) is 30.3 Å². The van der Waals surface area contributed by atoms with Crippen LogP contribution in [0.1, 0.15) is 5.56 Å². The van der Waals surface area contributed by atoms with Crippen LogP contribution in [-0.4, -0.2) is 26.2 Å². The van der Waals surface area contributed by atoms with Crippen molar-refractivity contribution in [2.45, 2.75) is 6.61 Å². The molecule has 4 rings (SSSR count). The van der Waals surface area contributed by atoms with Crippen LogP contribution < -0.4 is 19.7 Å². The summed E-state index contributed by atoms with van der Waals surface area (Å²) in [5.74, 6) is 2.27. The smallest absolute Gasteiger partial charge is 0.169 e. The first-order valence-electron chi connectivity index (χ1n) is 9.38. The van der Waals surface area contributed by atoms with Crippen LogP contribution >= 0.6 is 0 Å². The Morgan fingerprint density at radius 1 is 0.741 bits per heavy atom. The molecule has 0 aliphatic carbocycles. The van der Waals surface area contributed by atoms with E-state index in [1.807, 2.05) is 54.6 Å². The summed E-state index contributed by atoms with van der Waals surface area (Å²) in [4.78, 5) is 2.42. The van der Waals surface area contributed by atoms with E-state index in [1.165, 1.54) is 11.3 Å². The zero-order chi connectivity index (χ0) is 18.3. The van der Waals surface area contributed by atoms with Gasteiger partial charge in [0.1, 0.15) is 12.4 Å². The minimum Gasteiger partial charge on any atom is -0.485 e. The van der Waals surface area contributed by atoms with Crippen LogP contribution in [0.15, 0.2) is 78.9 Å². The Hall–Kier alpha value is -2.98. The predicted octanol–water partition coefficient (Wildman–Crippen LogP) is 4.47. The van der Waals surface area contributed by atoms with E-state index in [0.717, 1.165) is 43.4 Å². The second kappa shape index (κ2) is 8.60. The van der Waals surface area contributed by atoms with Crippen LogP contribution in [-0.2, 0) is 6.61 Å². The van der Waals surface area contributed by atoms with Crippen molar-refractivity contribution in [3.05, 3.63) is 84.4 Å². The minimum atomic E-state index is 0.509. The molecule has 3 aromatic rings. The van der Waals surface area contributed by atoms with Gasteiger partial charge < -0.3 is 19.7 Å².